The van der Waals surface area contributed by atoms with Gasteiger partial charge in [0.25, 0.3) is 5.91 Å². The summed E-state index contributed by atoms with van der Waals surface area (Å²) in [6, 6.07) is 11.0. The Morgan fingerprint density at radius 1 is 1.16 bits per heavy atom. The van der Waals surface area contributed by atoms with Gasteiger partial charge in [-0.2, -0.15) is 0 Å². The molecule has 2 aromatic rings. The molecule has 4 rings (SSSR count). The van der Waals surface area contributed by atoms with Gasteiger partial charge in [0, 0.05) is 43.5 Å². The SMILES string of the molecule is CCN1C[C@@H]2CC[C@H]2[C@@H](OC)/C=C/CCCS(=O)(NC(=O)CCS(C)(=O)=O)=NC(=O)c2ccc(OCCCCc3cc(Cl)ccc3C)c1c2. The molecule has 1 aliphatic carbocycles. The van der Waals surface area contributed by atoms with Crippen molar-refractivity contribution in [1.29, 1.82) is 0 Å². The highest BCUT2D eigenvalue weighted by atomic mass is 35.5. The minimum Gasteiger partial charge on any atom is -0.491 e. The fraction of sp³-hybridized carbons (Fsp3) is 0.556. The van der Waals surface area contributed by atoms with Crippen molar-refractivity contribution >= 4 is 48.9 Å². The first-order valence-corrected chi connectivity index (χ1v) is 21.2. The van der Waals surface area contributed by atoms with Gasteiger partial charge in [-0.3, -0.25) is 14.3 Å². The Balaban J connectivity index is 1.61. The Kier molecular flexibility index (Phi) is 14.1. The average molecular weight is 736 g/mol. The second kappa shape index (κ2) is 17.8. The van der Waals surface area contributed by atoms with Crippen molar-refractivity contribution in [2.24, 2.45) is 16.2 Å². The molecule has 2 bridgehead atoms. The number of hydrogen-bond donors (Lipinski definition) is 1. The number of aryl methyl sites for hydroxylation is 2. The number of fused-ring (bicyclic) bond motifs is 3. The van der Waals surface area contributed by atoms with Crippen molar-refractivity contribution < 1.29 is 31.7 Å². The van der Waals surface area contributed by atoms with E-state index in [-0.39, 0.29) is 23.8 Å². The van der Waals surface area contributed by atoms with Gasteiger partial charge in [0.05, 0.1) is 29.9 Å². The summed E-state index contributed by atoms with van der Waals surface area (Å²) in [5, 5.41) is 0.728. The Hall–Kier alpha value is -2.93. The van der Waals surface area contributed by atoms with Crippen molar-refractivity contribution in [2.45, 2.75) is 71.3 Å². The van der Waals surface area contributed by atoms with Gasteiger partial charge >= 0.3 is 0 Å². The summed E-state index contributed by atoms with van der Waals surface area (Å²) >= 11 is 6.20. The highest BCUT2D eigenvalue weighted by Crippen LogP contribution is 2.41. The van der Waals surface area contributed by atoms with Gasteiger partial charge in [0.1, 0.15) is 25.5 Å². The van der Waals surface area contributed by atoms with Crippen LogP contribution >= 0.6 is 11.6 Å². The van der Waals surface area contributed by atoms with Gasteiger partial charge in [0.15, 0.2) is 0 Å². The Morgan fingerprint density at radius 3 is 2.65 bits per heavy atom. The normalized spacial score (nSPS) is 23.9. The van der Waals surface area contributed by atoms with Crippen LogP contribution in [0.25, 0.3) is 0 Å². The molecule has 13 heteroatoms. The minimum absolute atomic E-state index is 0.0677. The minimum atomic E-state index is -3.54. The standard InChI is InChI=1S/C36H50ClN3O7S2/c1-5-40-25-29-14-17-31(29)33(46-3)12-7-6-10-21-49(45,38-35(41)19-22-48(4,43)44)39-36(42)28-15-18-34(32(40)24-28)47-20-9-8-11-27-23-30(37)16-13-26(27)2/h7,12-13,15-16,18,23-24,29,31,33H,5-6,8-11,14,17,19-22,25H2,1-4H3,(H,38,39,41,42,45)/b12-7+/t29-,31+,33-,49?/m0/s1. The maximum absolute atomic E-state index is 14.0. The van der Waals surface area contributed by atoms with Crippen LogP contribution in [-0.4, -0.2) is 75.1 Å². The van der Waals surface area contributed by atoms with Gasteiger partial charge in [-0.05, 0) is 112 Å². The summed E-state index contributed by atoms with van der Waals surface area (Å²) in [7, 11) is -5.25. The second-order valence-corrected chi connectivity index (χ2v) is 17.8. The first-order valence-electron chi connectivity index (χ1n) is 17.0. The lowest BCUT2D eigenvalue weighted by Gasteiger charge is -2.43. The summed E-state index contributed by atoms with van der Waals surface area (Å²) in [4.78, 5) is 28.5. The molecule has 1 unspecified atom stereocenters. The summed E-state index contributed by atoms with van der Waals surface area (Å²) in [6.07, 6.45) is 10.3. The molecule has 1 saturated carbocycles. The fourth-order valence-electron chi connectivity index (χ4n) is 6.30. The summed E-state index contributed by atoms with van der Waals surface area (Å²) in [5.74, 6) is -0.559. The molecule has 270 valence electrons. The molecule has 1 heterocycles. The molecule has 1 fully saturated rings. The van der Waals surface area contributed by atoms with E-state index in [0.29, 0.717) is 43.6 Å². The monoisotopic (exact) mass is 735 g/mol. The van der Waals surface area contributed by atoms with Crippen molar-refractivity contribution in [3.05, 3.63) is 70.3 Å². The number of hydrogen-bond acceptors (Lipinski definition) is 8. The lowest BCUT2D eigenvalue weighted by atomic mass is 9.70. The van der Waals surface area contributed by atoms with Crippen LogP contribution in [0.15, 0.2) is 52.9 Å². The first-order chi connectivity index (χ1) is 23.3. The van der Waals surface area contributed by atoms with Crippen LogP contribution < -0.4 is 14.4 Å². The molecule has 49 heavy (non-hydrogen) atoms. The molecule has 0 aromatic heterocycles. The summed E-state index contributed by atoms with van der Waals surface area (Å²) in [5.41, 5.74) is 3.40. The van der Waals surface area contributed by atoms with E-state index in [4.69, 9.17) is 21.1 Å². The number of carbonyl (C=O) groups is 2. The van der Waals surface area contributed by atoms with E-state index in [1.807, 2.05) is 30.4 Å². The number of rotatable bonds is 12. The largest absolute Gasteiger partial charge is 0.491 e. The van der Waals surface area contributed by atoms with Gasteiger partial charge in [0.2, 0.25) is 5.91 Å². The molecule has 2 aliphatic rings. The number of methoxy groups -OCH3 is 1. The number of allylic oxidation sites excluding steroid dienone is 1. The number of ether oxygens (including phenoxy) is 2. The molecule has 10 nitrogen and oxygen atoms in total. The topological polar surface area (TPSA) is 131 Å². The van der Waals surface area contributed by atoms with Crippen LogP contribution in [0.5, 0.6) is 5.75 Å². The molecule has 4 atom stereocenters. The third-order valence-electron chi connectivity index (χ3n) is 9.28. The first kappa shape index (κ1) is 38.9. The van der Waals surface area contributed by atoms with Crippen LogP contribution in [0.1, 0.15) is 73.4 Å². The van der Waals surface area contributed by atoms with E-state index < -0.39 is 37.3 Å². The zero-order chi connectivity index (χ0) is 35.6. The smallest absolute Gasteiger partial charge is 0.286 e. The number of nitrogens with zero attached hydrogens (tertiary/aromatic N) is 2. The predicted molar refractivity (Wildman–Crippen MR) is 197 cm³/mol. The third kappa shape index (κ3) is 11.6. The summed E-state index contributed by atoms with van der Waals surface area (Å²) in [6.45, 7) is 6.05. The van der Waals surface area contributed by atoms with Gasteiger partial charge in [-0.15, -0.1) is 4.36 Å². The summed E-state index contributed by atoms with van der Waals surface area (Å²) < 4.78 is 55.9. The van der Waals surface area contributed by atoms with E-state index in [0.717, 1.165) is 55.6 Å². The molecule has 0 saturated heterocycles. The van der Waals surface area contributed by atoms with Crippen LogP contribution in [0.2, 0.25) is 5.02 Å². The third-order valence-corrected chi connectivity index (χ3v) is 12.3. The Bertz CT molecular complexity index is 1740. The molecule has 1 aliphatic heterocycles. The van der Waals surface area contributed by atoms with Crippen molar-refractivity contribution in [1.82, 2.24) is 4.72 Å². The van der Waals surface area contributed by atoms with Gasteiger partial charge < -0.3 is 14.4 Å². The number of amides is 2. The highest BCUT2D eigenvalue weighted by Gasteiger charge is 2.37. The quantitative estimate of drug-likeness (QED) is 0.197. The van der Waals surface area contributed by atoms with Crippen molar-refractivity contribution in [3.63, 3.8) is 0 Å². The zero-order valence-corrected chi connectivity index (χ0v) is 31.4. The Morgan fingerprint density at radius 2 is 1.96 bits per heavy atom. The van der Waals surface area contributed by atoms with Crippen LogP contribution in [0.4, 0.5) is 5.69 Å². The molecule has 2 aromatic carbocycles. The number of sulfone groups is 1. The highest BCUT2D eigenvalue weighted by molar-refractivity contribution is 7.92. The number of unbranched alkanes of at least 4 members (excludes halogenated alkanes) is 1. The van der Waals surface area contributed by atoms with Crippen LogP contribution in [-0.2, 0) is 35.7 Å². The lowest BCUT2D eigenvalue weighted by molar-refractivity contribution is -0.118. The second-order valence-electron chi connectivity index (χ2n) is 13.0. The average Bonchev–Trinajstić information content (AvgIpc) is 3.03. The number of anilines is 1. The maximum atomic E-state index is 14.0. The number of halogens is 1. The van der Waals surface area contributed by atoms with E-state index in [9.17, 15) is 22.2 Å². The number of benzene rings is 2. The zero-order valence-electron chi connectivity index (χ0n) is 29.0. The van der Waals surface area contributed by atoms with Crippen molar-refractivity contribution in [3.8, 4) is 5.75 Å². The maximum Gasteiger partial charge on any atom is 0.286 e. The molecular weight excluding hydrogens is 686 g/mol. The van der Waals surface area contributed by atoms with E-state index >= 15 is 0 Å². The van der Waals surface area contributed by atoms with E-state index in [1.54, 1.807) is 25.3 Å². The molecule has 0 spiro atoms. The molecule has 0 radical (unpaired) electrons. The molecule has 1 N–H and O–H groups in total. The lowest BCUT2D eigenvalue weighted by Crippen LogP contribution is -2.43. The van der Waals surface area contributed by atoms with Crippen LogP contribution in [0.3, 0.4) is 0 Å². The Labute approximate surface area is 297 Å². The number of nitrogens with one attached hydrogen (secondary N) is 1. The number of carbonyl (C=O) groups excluding carboxylic acids is 2. The molecule has 2 amide bonds. The van der Waals surface area contributed by atoms with E-state index in [1.165, 1.54) is 11.1 Å². The van der Waals surface area contributed by atoms with Crippen molar-refractivity contribution in [2.75, 3.05) is 49.5 Å². The van der Waals surface area contributed by atoms with E-state index in [2.05, 4.69) is 27.8 Å². The van der Waals surface area contributed by atoms with Crippen LogP contribution in [0, 0.1) is 18.8 Å². The predicted octanol–water partition coefficient (Wildman–Crippen LogP) is 6.34. The fourth-order valence-corrected chi connectivity index (χ4v) is 8.68. The van der Waals surface area contributed by atoms with Gasteiger partial charge in [-0.1, -0.05) is 29.8 Å². The molecular formula is C36H50ClN3O7S2. The van der Waals surface area contributed by atoms with Gasteiger partial charge in [-0.25, -0.2) is 12.6 Å².